The molecule has 6 nitrogen and oxygen atoms in total. The number of hydrogen-bond acceptors (Lipinski definition) is 7. The van der Waals surface area contributed by atoms with Gasteiger partial charge in [-0.2, -0.15) is 0 Å². The number of aromatic nitrogens is 2. The number of esters is 1. The summed E-state index contributed by atoms with van der Waals surface area (Å²) in [5.41, 5.74) is 0.701. The first-order valence-corrected chi connectivity index (χ1v) is 9.72. The molecule has 0 bridgehead atoms. The molecule has 8 heteroatoms. The summed E-state index contributed by atoms with van der Waals surface area (Å²) in [5.74, 6) is -0.245. The smallest absolute Gasteiger partial charge is 0.357 e. The fourth-order valence-electron chi connectivity index (χ4n) is 2.33. The second-order valence-electron chi connectivity index (χ2n) is 6.43. The van der Waals surface area contributed by atoms with Crippen molar-refractivity contribution < 1.29 is 14.3 Å². The first-order chi connectivity index (χ1) is 11.7. The topological polar surface area (TPSA) is 81.2 Å². The van der Waals surface area contributed by atoms with E-state index in [0.29, 0.717) is 16.7 Å². The van der Waals surface area contributed by atoms with Crippen LogP contribution in [0.15, 0.2) is 0 Å². The van der Waals surface area contributed by atoms with E-state index in [1.165, 1.54) is 18.4 Å². The summed E-state index contributed by atoms with van der Waals surface area (Å²) < 4.78 is 4.78. The average Bonchev–Trinajstić information content (AvgIpc) is 3.09. The zero-order valence-electron chi connectivity index (χ0n) is 15.3. The number of hydrogen-bond donors (Lipinski definition) is 1. The van der Waals surface area contributed by atoms with E-state index in [9.17, 15) is 9.59 Å². The van der Waals surface area contributed by atoms with Crippen LogP contribution in [0.2, 0.25) is 0 Å². The van der Waals surface area contributed by atoms with Crippen molar-refractivity contribution in [3.05, 3.63) is 26.1 Å². The van der Waals surface area contributed by atoms with Crippen LogP contribution in [-0.4, -0.2) is 29.0 Å². The number of amides is 1. The van der Waals surface area contributed by atoms with Gasteiger partial charge >= 0.3 is 5.97 Å². The second kappa shape index (κ2) is 8.05. The first kappa shape index (κ1) is 19.5. The SMILES string of the molecule is COC(=O)c1nc(NC(=O)c2nc(C)sc2CC(C)C)sc1C(C)C. The van der Waals surface area contributed by atoms with E-state index in [0.717, 1.165) is 21.2 Å². The molecule has 0 aliphatic rings. The molecular weight excluding hydrogens is 358 g/mol. The number of thiazole rings is 2. The summed E-state index contributed by atoms with van der Waals surface area (Å²) in [6.07, 6.45) is 0.802. The summed E-state index contributed by atoms with van der Waals surface area (Å²) in [5, 5.41) is 4.03. The van der Waals surface area contributed by atoms with Crippen molar-refractivity contribution in [2.45, 2.75) is 47.0 Å². The van der Waals surface area contributed by atoms with E-state index >= 15 is 0 Å². The Morgan fingerprint density at radius 1 is 1.12 bits per heavy atom. The summed E-state index contributed by atoms with van der Waals surface area (Å²) in [4.78, 5) is 34.9. The maximum Gasteiger partial charge on any atom is 0.357 e. The Labute approximate surface area is 155 Å². The summed E-state index contributed by atoms with van der Waals surface area (Å²) in [6.45, 7) is 10.0. The number of methoxy groups -OCH3 is 1. The molecule has 0 spiro atoms. The van der Waals surface area contributed by atoms with Crippen molar-refractivity contribution in [2.24, 2.45) is 5.92 Å². The van der Waals surface area contributed by atoms with Gasteiger partial charge in [-0.15, -0.1) is 22.7 Å². The Kier molecular flexibility index (Phi) is 6.29. The Balaban J connectivity index is 2.28. The third kappa shape index (κ3) is 4.64. The normalized spacial score (nSPS) is 11.2. The van der Waals surface area contributed by atoms with Crippen molar-refractivity contribution in [1.82, 2.24) is 9.97 Å². The Morgan fingerprint density at radius 2 is 1.80 bits per heavy atom. The number of carbonyl (C=O) groups is 2. The highest BCUT2D eigenvalue weighted by Crippen LogP contribution is 2.31. The lowest BCUT2D eigenvalue weighted by molar-refractivity contribution is 0.0593. The van der Waals surface area contributed by atoms with Crippen LogP contribution >= 0.6 is 22.7 Å². The fraction of sp³-hybridized carbons (Fsp3) is 0.529. The lowest BCUT2D eigenvalue weighted by atomic mass is 10.1. The Bertz CT molecular complexity index is 778. The van der Waals surface area contributed by atoms with Crippen molar-refractivity contribution in [1.29, 1.82) is 0 Å². The van der Waals surface area contributed by atoms with Crippen LogP contribution in [0.3, 0.4) is 0 Å². The minimum Gasteiger partial charge on any atom is -0.464 e. The maximum absolute atomic E-state index is 12.6. The average molecular weight is 382 g/mol. The molecule has 1 amide bonds. The van der Waals surface area contributed by atoms with E-state index in [2.05, 4.69) is 29.1 Å². The first-order valence-electron chi connectivity index (χ1n) is 8.09. The molecule has 25 heavy (non-hydrogen) atoms. The highest BCUT2D eigenvalue weighted by atomic mass is 32.1. The van der Waals surface area contributed by atoms with Crippen LogP contribution in [0.25, 0.3) is 0 Å². The number of rotatable bonds is 6. The largest absolute Gasteiger partial charge is 0.464 e. The molecule has 0 aromatic carbocycles. The number of nitrogens with one attached hydrogen (secondary N) is 1. The lowest BCUT2D eigenvalue weighted by Gasteiger charge is -2.04. The van der Waals surface area contributed by atoms with Crippen LogP contribution < -0.4 is 5.32 Å². The molecule has 2 aromatic rings. The number of anilines is 1. The van der Waals surface area contributed by atoms with E-state index in [1.807, 2.05) is 20.8 Å². The van der Waals surface area contributed by atoms with E-state index in [1.54, 1.807) is 11.3 Å². The molecule has 0 atom stereocenters. The third-order valence-electron chi connectivity index (χ3n) is 3.39. The van der Waals surface area contributed by atoms with Crippen molar-refractivity contribution in [2.75, 3.05) is 12.4 Å². The summed E-state index contributed by atoms with van der Waals surface area (Å²) in [7, 11) is 1.32. The molecule has 136 valence electrons. The number of ether oxygens (including phenoxy) is 1. The number of aryl methyl sites for hydroxylation is 1. The minimum absolute atomic E-state index is 0.107. The second-order valence-corrected chi connectivity index (χ2v) is 8.75. The molecule has 0 saturated heterocycles. The minimum atomic E-state index is -0.495. The van der Waals surface area contributed by atoms with Crippen LogP contribution in [0, 0.1) is 12.8 Å². The highest BCUT2D eigenvalue weighted by molar-refractivity contribution is 7.16. The zero-order chi connectivity index (χ0) is 18.7. The molecule has 2 aromatic heterocycles. The predicted octanol–water partition coefficient (Wildman–Crippen LogP) is 4.27. The third-order valence-corrected chi connectivity index (χ3v) is 5.65. The van der Waals surface area contributed by atoms with Gasteiger partial charge < -0.3 is 4.74 Å². The fourth-order valence-corrected chi connectivity index (χ4v) is 4.43. The zero-order valence-corrected chi connectivity index (χ0v) is 16.9. The summed E-state index contributed by atoms with van der Waals surface area (Å²) in [6, 6.07) is 0. The molecule has 0 fully saturated rings. The highest BCUT2D eigenvalue weighted by Gasteiger charge is 2.24. The van der Waals surface area contributed by atoms with Gasteiger partial charge in [-0.05, 0) is 25.2 Å². The Hall–Kier alpha value is -1.80. The van der Waals surface area contributed by atoms with Crippen LogP contribution in [0.1, 0.15) is 69.4 Å². The summed E-state index contributed by atoms with van der Waals surface area (Å²) >= 11 is 2.83. The van der Waals surface area contributed by atoms with E-state index in [-0.39, 0.29) is 17.5 Å². The van der Waals surface area contributed by atoms with Gasteiger partial charge in [0.25, 0.3) is 5.91 Å². The molecule has 1 N–H and O–H groups in total. The van der Waals surface area contributed by atoms with Crippen molar-refractivity contribution in [3.8, 4) is 0 Å². The molecule has 0 unspecified atom stereocenters. The molecule has 2 rings (SSSR count). The molecular formula is C17H23N3O3S2. The number of nitrogens with zero attached hydrogens (tertiary/aromatic N) is 2. The molecule has 2 heterocycles. The van der Waals surface area contributed by atoms with Crippen LogP contribution in [-0.2, 0) is 11.2 Å². The molecule has 0 radical (unpaired) electrons. The van der Waals surface area contributed by atoms with E-state index in [4.69, 9.17) is 4.74 Å². The van der Waals surface area contributed by atoms with Gasteiger partial charge in [-0.25, -0.2) is 14.8 Å². The van der Waals surface area contributed by atoms with Gasteiger partial charge in [0.05, 0.1) is 12.1 Å². The number of carbonyl (C=O) groups excluding carboxylic acids is 2. The predicted molar refractivity (Wildman–Crippen MR) is 101 cm³/mol. The van der Waals surface area contributed by atoms with Crippen molar-refractivity contribution in [3.63, 3.8) is 0 Å². The van der Waals surface area contributed by atoms with E-state index < -0.39 is 5.97 Å². The standard InChI is InChI=1S/C17H23N3O3S2/c1-8(2)7-11-12(18-10(5)24-11)15(21)20-17-19-13(16(22)23-6)14(25-17)9(3)4/h8-9H,7H2,1-6H3,(H,19,20,21). The molecule has 0 saturated carbocycles. The lowest BCUT2D eigenvalue weighted by Crippen LogP contribution is -2.15. The van der Waals surface area contributed by atoms with Gasteiger partial charge in [0.1, 0.15) is 5.69 Å². The quantitative estimate of drug-likeness (QED) is 0.756. The van der Waals surface area contributed by atoms with Gasteiger partial charge in [0.15, 0.2) is 10.8 Å². The Morgan fingerprint density at radius 3 is 2.36 bits per heavy atom. The van der Waals surface area contributed by atoms with Gasteiger partial charge in [-0.3, -0.25) is 10.1 Å². The van der Waals surface area contributed by atoms with Crippen LogP contribution in [0.4, 0.5) is 5.13 Å². The van der Waals surface area contributed by atoms with Gasteiger partial charge in [-0.1, -0.05) is 27.7 Å². The molecule has 0 aliphatic heterocycles. The van der Waals surface area contributed by atoms with Gasteiger partial charge in [0, 0.05) is 9.75 Å². The monoisotopic (exact) mass is 381 g/mol. The van der Waals surface area contributed by atoms with Crippen molar-refractivity contribution >= 4 is 39.7 Å². The van der Waals surface area contributed by atoms with Crippen LogP contribution in [0.5, 0.6) is 0 Å². The maximum atomic E-state index is 12.6. The molecule has 0 aliphatic carbocycles. The van der Waals surface area contributed by atoms with Gasteiger partial charge in [0.2, 0.25) is 0 Å².